The predicted octanol–water partition coefficient (Wildman–Crippen LogP) is 4.29. The van der Waals surface area contributed by atoms with Crippen LogP contribution in [0.15, 0.2) is 40.1 Å². The van der Waals surface area contributed by atoms with Crippen LogP contribution >= 0.6 is 11.3 Å². The van der Waals surface area contributed by atoms with Crippen molar-refractivity contribution in [3.63, 3.8) is 0 Å². The van der Waals surface area contributed by atoms with Crippen LogP contribution in [-0.2, 0) is 6.54 Å². The summed E-state index contributed by atoms with van der Waals surface area (Å²) in [6, 6.07) is 10.3. The fourth-order valence-electron chi connectivity index (χ4n) is 3.56. The highest BCUT2D eigenvalue weighted by atomic mass is 32.1. The molecule has 0 unspecified atom stereocenters. The minimum atomic E-state index is 0.0734. The quantitative estimate of drug-likeness (QED) is 0.661. The molecule has 1 aliphatic heterocycles. The number of hydrogen-bond acceptors (Lipinski definition) is 5. The number of nitrogens with zero attached hydrogens (tertiary/aromatic N) is 3. The normalized spacial score (nSPS) is 15.2. The summed E-state index contributed by atoms with van der Waals surface area (Å²) in [6.45, 7) is 9.84. The van der Waals surface area contributed by atoms with Crippen LogP contribution < -0.4 is 0 Å². The zero-order valence-corrected chi connectivity index (χ0v) is 17.4. The Morgan fingerprint density at radius 2 is 1.82 bits per heavy atom. The number of rotatable bonds is 4. The van der Waals surface area contributed by atoms with E-state index in [0.717, 1.165) is 49.2 Å². The standard InChI is InChI=1S/C22H25N3O2S/c1-15-4-6-18(7-5-15)21-23-19(14-28-21)13-24-8-10-25(11-9-24)22(26)20-12-16(2)27-17(20)3/h4-7,12,14H,8-11,13H2,1-3H3. The average molecular weight is 396 g/mol. The number of hydrogen-bond donors (Lipinski definition) is 0. The van der Waals surface area contributed by atoms with Crippen LogP contribution in [0.2, 0.25) is 0 Å². The smallest absolute Gasteiger partial charge is 0.257 e. The molecule has 5 nitrogen and oxygen atoms in total. The Bertz CT molecular complexity index is 966. The topological polar surface area (TPSA) is 49.6 Å². The van der Waals surface area contributed by atoms with Gasteiger partial charge in [0, 0.05) is 43.7 Å². The molecule has 1 aliphatic rings. The lowest BCUT2D eigenvalue weighted by Crippen LogP contribution is -2.48. The van der Waals surface area contributed by atoms with Gasteiger partial charge in [-0.25, -0.2) is 4.98 Å². The van der Waals surface area contributed by atoms with Crippen molar-refractivity contribution in [3.05, 3.63) is 64.1 Å². The Kier molecular flexibility index (Phi) is 5.33. The van der Waals surface area contributed by atoms with Gasteiger partial charge >= 0.3 is 0 Å². The van der Waals surface area contributed by atoms with Gasteiger partial charge in [0.25, 0.3) is 5.91 Å². The molecule has 0 atom stereocenters. The summed E-state index contributed by atoms with van der Waals surface area (Å²) in [5.74, 6) is 1.56. The van der Waals surface area contributed by atoms with Gasteiger partial charge in [0.15, 0.2) is 0 Å². The summed E-state index contributed by atoms with van der Waals surface area (Å²) in [7, 11) is 0. The van der Waals surface area contributed by atoms with Crippen LogP contribution in [-0.4, -0.2) is 46.9 Å². The number of carbonyl (C=O) groups excluding carboxylic acids is 1. The Labute approximate surface area is 169 Å². The first kappa shape index (κ1) is 18.9. The molecule has 146 valence electrons. The molecule has 1 amide bonds. The molecule has 1 aromatic carbocycles. The van der Waals surface area contributed by atoms with E-state index in [4.69, 9.17) is 9.40 Å². The first-order valence-corrected chi connectivity index (χ1v) is 10.5. The van der Waals surface area contributed by atoms with Crippen molar-refractivity contribution in [1.29, 1.82) is 0 Å². The minimum Gasteiger partial charge on any atom is -0.466 e. The van der Waals surface area contributed by atoms with E-state index in [-0.39, 0.29) is 5.91 Å². The van der Waals surface area contributed by atoms with Gasteiger partial charge in [0.1, 0.15) is 16.5 Å². The number of piperazine rings is 1. The summed E-state index contributed by atoms with van der Waals surface area (Å²) >= 11 is 1.69. The first-order valence-electron chi connectivity index (χ1n) is 9.60. The third-order valence-electron chi connectivity index (χ3n) is 5.17. The molecule has 6 heteroatoms. The summed E-state index contributed by atoms with van der Waals surface area (Å²) in [5.41, 5.74) is 4.21. The van der Waals surface area contributed by atoms with Crippen molar-refractivity contribution in [3.8, 4) is 10.6 Å². The highest BCUT2D eigenvalue weighted by molar-refractivity contribution is 7.13. The molecule has 3 aromatic rings. The second-order valence-corrected chi connectivity index (χ2v) is 8.26. The third kappa shape index (κ3) is 4.03. The molecule has 0 N–H and O–H groups in total. The van der Waals surface area contributed by atoms with Crippen molar-refractivity contribution in [2.45, 2.75) is 27.3 Å². The van der Waals surface area contributed by atoms with Gasteiger partial charge in [0.05, 0.1) is 11.3 Å². The van der Waals surface area contributed by atoms with Crippen LogP contribution in [0, 0.1) is 20.8 Å². The maximum atomic E-state index is 12.7. The van der Waals surface area contributed by atoms with E-state index in [2.05, 4.69) is 41.5 Å². The number of furan rings is 1. The van der Waals surface area contributed by atoms with Crippen LogP contribution in [0.1, 0.15) is 33.1 Å². The molecule has 0 radical (unpaired) electrons. The van der Waals surface area contributed by atoms with Gasteiger partial charge in [0.2, 0.25) is 0 Å². The van der Waals surface area contributed by atoms with Crippen molar-refractivity contribution < 1.29 is 9.21 Å². The number of carbonyl (C=O) groups is 1. The third-order valence-corrected chi connectivity index (χ3v) is 6.11. The van der Waals surface area contributed by atoms with Crippen molar-refractivity contribution >= 4 is 17.2 Å². The van der Waals surface area contributed by atoms with E-state index >= 15 is 0 Å². The van der Waals surface area contributed by atoms with Crippen LogP contribution in [0.5, 0.6) is 0 Å². The average Bonchev–Trinajstić information content (AvgIpc) is 3.28. The lowest BCUT2D eigenvalue weighted by atomic mass is 10.2. The van der Waals surface area contributed by atoms with Gasteiger partial charge in [-0.2, -0.15) is 0 Å². The number of aromatic nitrogens is 1. The van der Waals surface area contributed by atoms with Crippen LogP contribution in [0.3, 0.4) is 0 Å². The van der Waals surface area contributed by atoms with Gasteiger partial charge in [-0.1, -0.05) is 29.8 Å². The van der Waals surface area contributed by atoms with E-state index in [1.165, 1.54) is 11.1 Å². The monoisotopic (exact) mass is 395 g/mol. The van der Waals surface area contributed by atoms with E-state index < -0.39 is 0 Å². The highest BCUT2D eigenvalue weighted by Crippen LogP contribution is 2.25. The Balaban J connectivity index is 1.34. The maximum Gasteiger partial charge on any atom is 0.257 e. The van der Waals surface area contributed by atoms with Gasteiger partial charge in [-0.15, -0.1) is 11.3 Å². The SMILES string of the molecule is Cc1ccc(-c2nc(CN3CCN(C(=O)c4cc(C)oc4C)CC3)cs2)cc1. The molecule has 0 aliphatic carbocycles. The highest BCUT2D eigenvalue weighted by Gasteiger charge is 2.25. The lowest BCUT2D eigenvalue weighted by molar-refractivity contribution is 0.0625. The van der Waals surface area contributed by atoms with Crippen molar-refractivity contribution in [2.75, 3.05) is 26.2 Å². The molecule has 1 fully saturated rings. The molecule has 1 saturated heterocycles. The maximum absolute atomic E-state index is 12.7. The second kappa shape index (κ2) is 7.89. The van der Waals surface area contributed by atoms with E-state index in [1.807, 2.05) is 24.8 Å². The molecule has 0 spiro atoms. The molecule has 28 heavy (non-hydrogen) atoms. The molecular weight excluding hydrogens is 370 g/mol. The molecule has 3 heterocycles. The summed E-state index contributed by atoms with van der Waals surface area (Å²) in [5, 5.41) is 3.21. The summed E-state index contributed by atoms with van der Waals surface area (Å²) < 4.78 is 5.51. The molecule has 0 saturated carbocycles. The van der Waals surface area contributed by atoms with E-state index in [0.29, 0.717) is 11.3 Å². The van der Waals surface area contributed by atoms with E-state index in [1.54, 1.807) is 11.3 Å². The first-order chi connectivity index (χ1) is 13.5. The van der Waals surface area contributed by atoms with E-state index in [9.17, 15) is 4.79 Å². The zero-order chi connectivity index (χ0) is 19.7. The Hall–Kier alpha value is -2.44. The minimum absolute atomic E-state index is 0.0734. The molecule has 0 bridgehead atoms. The Morgan fingerprint density at radius 1 is 1.11 bits per heavy atom. The molecular formula is C22H25N3O2S. The zero-order valence-electron chi connectivity index (χ0n) is 16.6. The number of thiazole rings is 1. The second-order valence-electron chi connectivity index (χ2n) is 7.41. The fraction of sp³-hybridized carbons (Fsp3) is 0.364. The van der Waals surface area contributed by atoms with Crippen LogP contribution in [0.25, 0.3) is 10.6 Å². The largest absolute Gasteiger partial charge is 0.466 e. The number of aryl methyl sites for hydroxylation is 3. The number of benzene rings is 1. The Morgan fingerprint density at radius 3 is 2.46 bits per heavy atom. The predicted molar refractivity (Wildman–Crippen MR) is 112 cm³/mol. The van der Waals surface area contributed by atoms with Crippen molar-refractivity contribution in [1.82, 2.24) is 14.8 Å². The van der Waals surface area contributed by atoms with Gasteiger partial charge in [-0.05, 0) is 26.8 Å². The summed E-state index contributed by atoms with van der Waals surface area (Å²) in [4.78, 5) is 21.8. The summed E-state index contributed by atoms with van der Waals surface area (Å²) in [6.07, 6.45) is 0. The van der Waals surface area contributed by atoms with Crippen molar-refractivity contribution in [2.24, 2.45) is 0 Å². The van der Waals surface area contributed by atoms with Gasteiger partial charge in [-0.3, -0.25) is 9.69 Å². The molecule has 2 aromatic heterocycles. The van der Waals surface area contributed by atoms with Gasteiger partial charge < -0.3 is 9.32 Å². The lowest BCUT2D eigenvalue weighted by Gasteiger charge is -2.34. The fourth-order valence-corrected chi connectivity index (χ4v) is 4.38. The molecule has 4 rings (SSSR count). The van der Waals surface area contributed by atoms with Crippen LogP contribution in [0.4, 0.5) is 0 Å². The number of amides is 1.